The summed E-state index contributed by atoms with van der Waals surface area (Å²) in [5.41, 5.74) is 7.80. The topological polar surface area (TPSA) is 66.0 Å². The molecule has 0 amide bonds. The van der Waals surface area contributed by atoms with Gasteiger partial charge in [0, 0.05) is 18.8 Å². The van der Waals surface area contributed by atoms with Gasteiger partial charge in [-0.05, 0) is 18.2 Å². The largest absolute Gasteiger partial charge is 0.454 e. The minimum absolute atomic E-state index is 0.459. The monoisotopic (exact) mass is 274 g/mol. The van der Waals surface area contributed by atoms with E-state index in [2.05, 4.69) is 9.97 Å². The number of benzene rings is 1. The van der Waals surface area contributed by atoms with Gasteiger partial charge < -0.3 is 15.0 Å². The molecule has 3 aromatic rings. The van der Waals surface area contributed by atoms with E-state index in [0.717, 1.165) is 11.2 Å². The Balaban J connectivity index is 1.96. The fourth-order valence-electron chi connectivity index (χ4n) is 1.78. The van der Waals surface area contributed by atoms with Gasteiger partial charge in [-0.15, -0.1) is 0 Å². The summed E-state index contributed by atoms with van der Waals surface area (Å²) >= 11 is 6.06. The van der Waals surface area contributed by atoms with Crippen molar-refractivity contribution >= 4 is 28.5 Å². The van der Waals surface area contributed by atoms with E-state index in [-0.39, 0.29) is 0 Å². The Bertz CT molecular complexity index is 753. The molecule has 6 heteroatoms. The molecular weight excluding hydrogens is 264 g/mol. The summed E-state index contributed by atoms with van der Waals surface area (Å²) in [5.74, 6) is 1.12. The van der Waals surface area contributed by atoms with Gasteiger partial charge in [0.15, 0.2) is 5.65 Å². The number of nitrogen functional groups attached to an aromatic ring is 1. The van der Waals surface area contributed by atoms with Crippen LogP contribution in [0.2, 0.25) is 5.02 Å². The van der Waals surface area contributed by atoms with Crippen molar-refractivity contribution in [3.05, 3.63) is 41.8 Å². The van der Waals surface area contributed by atoms with Gasteiger partial charge in [0.2, 0.25) is 0 Å². The average Bonchev–Trinajstić information content (AvgIpc) is 2.74. The van der Waals surface area contributed by atoms with Gasteiger partial charge in [0.05, 0.1) is 17.5 Å². The third-order valence-corrected chi connectivity index (χ3v) is 3.01. The number of hydrogen-bond acceptors (Lipinski definition) is 4. The van der Waals surface area contributed by atoms with Gasteiger partial charge in [0.25, 0.3) is 0 Å². The normalized spacial score (nSPS) is 10.8. The highest BCUT2D eigenvalue weighted by Crippen LogP contribution is 2.31. The van der Waals surface area contributed by atoms with E-state index in [4.69, 9.17) is 22.1 Å². The molecule has 0 unspecified atom stereocenters. The zero-order valence-corrected chi connectivity index (χ0v) is 10.9. The molecule has 0 aliphatic rings. The van der Waals surface area contributed by atoms with Crippen molar-refractivity contribution in [2.75, 3.05) is 5.73 Å². The number of pyridine rings is 1. The maximum absolute atomic E-state index is 6.06. The van der Waals surface area contributed by atoms with Crippen molar-refractivity contribution in [3.8, 4) is 11.5 Å². The van der Waals surface area contributed by atoms with Crippen LogP contribution in [0.4, 0.5) is 5.69 Å². The van der Waals surface area contributed by atoms with Gasteiger partial charge in [-0.3, -0.25) is 0 Å². The molecule has 96 valence electrons. The zero-order valence-electron chi connectivity index (χ0n) is 10.2. The molecule has 2 heterocycles. The molecule has 19 heavy (non-hydrogen) atoms. The van der Waals surface area contributed by atoms with Crippen LogP contribution in [0.25, 0.3) is 11.2 Å². The van der Waals surface area contributed by atoms with Gasteiger partial charge in [-0.2, -0.15) is 0 Å². The highest BCUT2D eigenvalue weighted by atomic mass is 35.5. The quantitative estimate of drug-likeness (QED) is 0.730. The summed E-state index contributed by atoms with van der Waals surface area (Å²) < 4.78 is 7.52. The number of ether oxygens (including phenoxy) is 1. The summed E-state index contributed by atoms with van der Waals surface area (Å²) in [6.45, 7) is 0. The minimum atomic E-state index is 0.459. The van der Waals surface area contributed by atoms with Crippen LogP contribution in [0, 0.1) is 0 Å². The number of hydrogen-bond donors (Lipinski definition) is 1. The Hall–Kier alpha value is -2.27. The Labute approximate surface area is 114 Å². The molecule has 0 aliphatic carbocycles. The van der Waals surface area contributed by atoms with E-state index in [0.29, 0.717) is 22.2 Å². The smallest absolute Gasteiger partial charge is 0.159 e. The highest BCUT2D eigenvalue weighted by molar-refractivity contribution is 6.32. The van der Waals surface area contributed by atoms with Crippen LogP contribution in [0.15, 0.2) is 36.8 Å². The first kappa shape index (κ1) is 11.8. The number of imidazole rings is 1. The van der Waals surface area contributed by atoms with E-state index in [1.54, 1.807) is 30.7 Å². The van der Waals surface area contributed by atoms with E-state index in [1.807, 2.05) is 17.7 Å². The lowest BCUT2D eigenvalue weighted by Crippen LogP contribution is -1.91. The van der Waals surface area contributed by atoms with Crippen LogP contribution < -0.4 is 10.5 Å². The van der Waals surface area contributed by atoms with Crippen molar-refractivity contribution in [2.45, 2.75) is 0 Å². The summed E-state index contributed by atoms with van der Waals surface area (Å²) in [4.78, 5) is 8.52. The molecule has 0 fully saturated rings. The van der Waals surface area contributed by atoms with Crippen molar-refractivity contribution in [1.82, 2.24) is 14.5 Å². The number of halogens is 1. The van der Waals surface area contributed by atoms with E-state index >= 15 is 0 Å². The molecule has 0 saturated carbocycles. The van der Waals surface area contributed by atoms with Crippen LogP contribution in [0.3, 0.4) is 0 Å². The lowest BCUT2D eigenvalue weighted by molar-refractivity contribution is 0.481. The third kappa shape index (κ3) is 2.20. The first-order valence-electron chi connectivity index (χ1n) is 5.63. The van der Waals surface area contributed by atoms with Crippen molar-refractivity contribution in [3.63, 3.8) is 0 Å². The number of rotatable bonds is 2. The van der Waals surface area contributed by atoms with Gasteiger partial charge >= 0.3 is 0 Å². The molecule has 1 aromatic carbocycles. The molecule has 3 rings (SSSR count). The maximum atomic E-state index is 6.06. The number of aromatic nitrogens is 3. The summed E-state index contributed by atoms with van der Waals surface area (Å²) in [5, 5.41) is 0.459. The highest BCUT2D eigenvalue weighted by Gasteiger charge is 2.07. The number of fused-ring (bicyclic) bond motifs is 1. The summed E-state index contributed by atoms with van der Waals surface area (Å²) in [7, 11) is 1.89. The second-order valence-corrected chi connectivity index (χ2v) is 4.57. The lowest BCUT2D eigenvalue weighted by atomic mass is 10.3. The first-order chi connectivity index (χ1) is 9.13. The molecule has 5 nitrogen and oxygen atoms in total. The van der Waals surface area contributed by atoms with E-state index in [1.165, 1.54) is 0 Å². The van der Waals surface area contributed by atoms with Crippen LogP contribution in [-0.4, -0.2) is 14.5 Å². The molecule has 0 aliphatic heterocycles. The van der Waals surface area contributed by atoms with Crippen molar-refractivity contribution in [1.29, 1.82) is 0 Å². The van der Waals surface area contributed by atoms with Crippen LogP contribution in [0.1, 0.15) is 0 Å². The Morgan fingerprint density at radius 2 is 2.11 bits per heavy atom. The Morgan fingerprint density at radius 3 is 2.89 bits per heavy atom. The van der Waals surface area contributed by atoms with Gasteiger partial charge in [0.1, 0.15) is 17.0 Å². The second kappa shape index (κ2) is 4.44. The van der Waals surface area contributed by atoms with Crippen LogP contribution >= 0.6 is 11.6 Å². The first-order valence-corrected chi connectivity index (χ1v) is 6.01. The molecule has 0 atom stereocenters. The molecule has 2 aromatic heterocycles. The molecule has 0 spiro atoms. The molecule has 2 N–H and O–H groups in total. The van der Waals surface area contributed by atoms with Gasteiger partial charge in [-0.25, -0.2) is 9.97 Å². The predicted molar refractivity (Wildman–Crippen MR) is 74.4 cm³/mol. The molecule has 0 saturated heterocycles. The summed E-state index contributed by atoms with van der Waals surface area (Å²) in [6, 6.07) is 6.91. The van der Waals surface area contributed by atoms with Crippen molar-refractivity contribution < 1.29 is 4.74 Å². The number of nitrogens with two attached hydrogens (primary N) is 1. The average molecular weight is 275 g/mol. The predicted octanol–water partition coefficient (Wildman–Crippen LogP) is 3.00. The third-order valence-electron chi connectivity index (χ3n) is 2.71. The van der Waals surface area contributed by atoms with E-state index < -0.39 is 0 Å². The minimum Gasteiger partial charge on any atom is -0.454 e. The van der Waals surface area contributed by atoms with Crippen LogP contribution in [0.5, 0.6) is 11.5 Å². The molecule has 0 bridgehead atoms. The maximum Gasteiger partial charge on any atom is 0.159 e. The van der Waals surface area contributed by atoms with Gasteiger partial charge in [-0.1, -0.05) is 11.6 Å². The molecule has 0 radical (unpaired) electrons. The Kier molecular flexibility index (Phi) is 2.76. The molecular formula is C13H11ClN4O. The second-order valence-electron chi connectivity index (χ2n) is 4.16. The number of aryl methyl sites for hydroxylation is 1. The van der Waals surface area contributed by atoms with E-state index in [9.17, 15) is 0 Å². The zero-order chi connectivity index (χ0) is 13.4. The Morgan fingerprint density at radius 1 is 1.26 bits per heavy atom. The SMILES string of the molecule is Cn1cnc2cc(Oc3ccc(N)cc3Cl)cnc21. The number of nitrogens with zero attached hydrogens (tertiary/aromatic N) is 3. The van der Waals surface area contributed by atoms with Crippen molar-refractivity contribution in [2.24, 2.45) is 7.05 Å². The number of anilines is 1. The fourth-order valence-corrected chi connectivity index (χ4v) is 2.01. The van der Waals surface area contributed by atoms with Crippen LogP contribution in [-0.2, 0) is 7.05 Å². The fraction of sp³-hybridized carbons (Fsp3) is 0.0769. The summed E-state index contributed by atoms with van der Waals surface area (Å²) in [6.07, 6.45) is 3.34. The lowest BCUT2D eigenvalue weighted by Gasteiger charge is -2.07. The standard InChI is InChI=1S/C13H11ClN4O/c1-18-7-17-11-5-9(6-16-13(11)18)19-12-3-2-8(15)4-10(12)14/h2-7H,15H2,1H3.